The summed E-state index contributed by atoms with van der Waals surface area (Å²) in [7, 11) is -3.01. The molecule has 1 fully saturated rings. The van der Waals surface area contributed by atoms with E-state index >= 15 is 0 Å². The zero-order valence-corrected chi connectivity index (χ0v) is 17.1. The van der Waals surface area contributed by atoms with E-state index in [4.69, 9.17) is 23.2 Å². The van der Waals surface area contributed by atoms with Crippen LogP contribution in [0.5, 0.6) is 0 Å². The molecule has 0 aliphatic heterocycles. The van der Waals surface area contributed by atoms with Crippen molar-refractivity contribution in [3.05, 3.63) is 33.8 Å². The van der Waals surface area contributed by atoms with Gasteiger partial charge in [-0.3, -0.25) is 0 Å². The van der Waals surface area contributed by atoms with E-state index in [1.165, 1.54) is 5.56 Å². The molecule has 136 valence electrons. The second-order valence-electron chi connectivity index (χ2n) is 8.07. The van der Waals surface area contributed by atoms with Crippen LogP contribution in [-0.4, -0.2) is 18.9 Å². The highest BCUT2D eigenvalue weighted by atomic mass is 35.5. The second kappa shape index (κ2) is 7.97. The minimum Gasteiger partial charge on any atom is -0.228 e. The summed E-state index contributed by atoms with van der Waals surface area (Å²) in [5.74, 6) is 1.36. The molecule has 2 rings (SSSR count). The number of hydrogen-bond acceptors (Lipinski definition) is 2. The third-order valence-corrected chi connectivity index (χ3v) is 8.70. The van der Waals surface area contributed by atoms with Crippen LogP contribution in [0.4, 0.5) is 0 Å². The Morgan fingerprint density at radius 2 is 1.58 bits per heavy atom. The molecule has 0 radical (unpaired) electrons. The van der Waals surface area contributed by atoms with E-state index in [0.29, 0.717) is 27.6 Å². The summed E-state index contributed by atoms with van der Waals surface area (Å²) in [6, 6.07) is 5.84. The number of aryl methyl sites for hydroxylation is 1. The molecule has 0 heterocycles. The molecular formula is C19H28Cl2O2S. The Morgan fingerprint density at radius 1 is 1.00 bits per heavy atom. The van der Waals surface area contributed by atoms with Gasteiger partial charge in [-0.15, -0.1) is 0 Å². The molecule has 24 heavy (non-hydrogen) atoms. The lowest BCUT2D eigenvalue weighted by Crippen LogP contribution is -2.34. The Balaban J connectivity index is 1.80. The molecule has 0 aromatic heterocycles. The molecule has 2 nitrogen and oxygen atoms in total. The molecule has 0 bridgehead atoms. The molecule has 1 aromatic carbocycles. The number of halogens is 2. The molecule has 1 aliphatic rings. The van der Waals surface area contributed by atoms with E-state index in [9.17, 15) is 8.42 Å². The van der Waals surface area contributed by atoms with Crippen molar-refractivity contribution in [3.8, 4) is 0 Å². The first kappa shape index (κ1) is 20.1. The third-order valence-electron chi connectivity index (χ3n) is 5.18. The van der Waals surface area contributed by atoms with Crippen molar-refractivity contribution in [3.63, 3.8) is 0 Å². The lowest BCUT2D eigenvalue weighted by atomic mass is 9.80. The van der Waals surface area contributed by atoms with E-state index in [-0.39, 0.29) is 0 Å². The summed E-state index contributed by atoms with van der Waals surface area (Å²) >= 11 is 12.0. The Labute approximate surface area is 156 Å². The van der Waals surface area contributed by atoms with Gasteiger partial charge in [-0.1, -0.05) is 42.1 Å². The second-order valence-corrected chi connectivity index (χ2v) is 11.7. The Hall–Kier alpha value is -0.250. The molecule has 1 saturated carbocycles. The molecule has 0 N–H and O–H groups in total. The first-order chi connectivity index (χ1) is 11.1. The normalized spacial score (nSPS) is 22.5. The van der Waals surface area contributed by atoms with Crippen molar-refractivity contribution in [2.45, 2.75) is 64.0 Å². The monoisotopic (exact) mass is 390 g/mol. The van der Waals surface area contributed by atoms with Gasteiger partial charge in [0.05, 0.1) is 20.5 Å². The highest BCUT2D eigenvalue weighted by Crippen LogP contribution is 2.34. The van der Waals surface area contributed by atoms with Gasteiger partial charge in [-0.2, -0.15) is 0 Å². The van der Waals surface area contributed by atoms with Crippen LogP contribution in [0.15, 0.2) is 18.2 Å². The fourth-order valence-corrected chi connectivity index (χ4v) is 5.09. The predicted octanol–water partition coefficient (Wildman–Crippen LogP) is 5.95. The summed E-state index contributed by atoms with van der Waals surface area (Å²) in [4.78, 5) is 0. The maximum atomic E-state index is 12.3. The fourth-order valence-electron chi connectivity index (χ4n) is 3.31. The summed E-state index contributed by atoms with van der Waals surface area (Å²) < 4.78 is 24.1. The smallest absolute Gasteiger partial charge is 0.155 e. The van der Waals surface area contributed by atoms with E-state index in [1.54, 1.807) is 20.8 Å². The Kier molecular flexibility index (Phi) is 6.66. The van der Waals surface area contributed by atoms with Crippen LogP contribution >= 0.6 is 23.2 Å². The lowest BCUT2D eigenvalue weighted by molar-refractivity contribution is 0.278. The molecular weight excluding hydrogens is 363 g/mol. The van der Waals surface area contributed by atoms with E-state index in [1.807, 2.05) is 18.2 Å². The molecule has 1 aliphatic carbocycles. The quantitative estimate of drug-likeness (QED) is 0.622. The molecule has 0 unspecified atom stereocenters. The minimum absolute atomic E-state index is 0.329. The van der Waals surface area contributed by atoms with Crippen LogP contribution < -0.4 is 0 Å². The van der Waals surface area contributed by atoms with Crippen LogP contribution in [0.25, 0.3) is 0 Å². The van der Waals surface area contributed by atoms with Crippen molar-refractivity contribution in [1.29, 1.82) is 0 Å². The number of benzene rings is 1. The van der Waals surface area contributed by atoms with E-state index in [0.717, 1.165) is 38.5 Å². The van der Waals surface area contributed by atoms with Gasteiger partial charge in [-0.25, -0.2) is 8.42 Å². The lowest BCUT2D eigenvalue weighted by Gasteiger charge is -2.30. The summed E-state index contributed by atoms with van der Waals surface area (Å²) in [5, 5.41) is 1.21. The van der Waals surface area contributed by atoms with E-state index < -0.39 is 14.6 Å². The van der Waals surface area contributed by atoms with Gasteiger partial charge in [0.15, 0.2) is 9.84 Å². The van der Waals surface area contributed by atoms with Crippen molar-refractivity contribution in [1.82, 2.24) is 0 Å². The standard InChI is InChI=1S/C19H28Cl2O2S/c1-19(2,3)24(22,23)13-16-8-5-14(6-9-16)4-7-15-10-11-17(20)18(21)12-15/h10-12,14,16H,4-9,13H2,1-3H3. The maximum Gasteiger partial charge on any atom is 0.155 e. The van der Waals surface area contributed by atoms with Crippen LogP contribution in [0.3, 0.4) is 0 Å². The number of rotatable bonds is 5. The molecule has 0 saturated heterocycles. The topological polar surface area (TPSA) is 34.1 Å². The van der Waals surface area contributed by atoms with Gasteiger partial charge in [0.2, 0.25) is 0 Å². The van der Waals surface area contributed by atoms with Crippen molar-refractivity contribution in [2.75, 3.05) is 5.75 Å². The largest absolute Gasteiger partial charge is 0.228 e. The number of hydrogen-bond donors (Lipinski definition) is 0. The SMILES string of the molecule is CC(C)(C)S(=O)(=O)CC1CCC(CCc2ccc(Cl)c(Cl)c2)CC1. The summed E-state index contributed by atoms with van der Waals surface area (Å²) in [6.07, 6.45) is 6.46. The van der Waals surface area contributed by atoms with Gasteiger partial charge in [0.1, 0.15) is 0 Å². The first-order valence-electron chi connectivity index (χ1n) is 8.75. The average molecular weight is 391 g/mol. The summed E-state index contributed by atoms with van der Waals surface area (Å²) in [6.45, 7) is 5.39. The first-order valence-corrected chi connectivity index (χ1v) is 11.2. The maximum absolute atomic E-state index is 12.3. The zero-order chi connectivity index (χ0) is 18.0. The number of sulfone groups is 1. The third kappa shape index (κ3) is 5.37. The van der Waals surface area contributed by atoms with Gasteiger partial charge in [-0.05, 0) is 76.0 Å². The molecule has 0 atom stereocenters. The highest BCUT2D eigenvalue weighted by Gasteiger charge is 2.33. The summed E-state index contributed by atoms with van der Waals surface area (Å²) in [5.41, 5.74) is 1.22. The van der Waals surface area contributed by atoms with Gasteiger partial charge in [0, 0.05) is 0 Å². The van der Waals surface area contributed by atoms with Crippen LogP contribution in [-0.2, 0) is 16.3 Å². The van der Waals surface area contributed by atoms with Crippen LogP contribution in [0.2, 0.25) is 10.0 Å². The average Bonchev–Trinajstić information content (AvgIpc) is 2.48. The Bertz CT molecular complexity index is 654. The molecule has 1 aromatic rings. The fraction of sp³-hybridized carbons (Fsp3) is 0.684. The minimum atomic E-state index is -3.01. The molecule has 0 amide bonds. The van der Waals surface area contributed by atoms with E-state index in [2.05, 4.69) is 0 Å². The van der Waals surface area contributed by atoms with Crippen molar-refractivity contribution >= 4 is 33.0 Å². The van der Waals surface area contributed by atoms with Gasteiger partial charge in [0.25, 0.3) is 0 Å². The molecule has 0 spiro atoms. The Morgan fingerprint density at radius 3 is 2.12 bits per heavy atom. The zero-order valence-electron chi connectivity index (χ0n) is 14.8. The predicted molar refractivity (Wildman–Crippen MR) is 104 cm³/mol. The van der Waals surface area contributed by atoms with Gasteiger partial charge < -0.3 is 0 Å². The van der Waals surface area contributed by atoms with Crippen molar-refractivity contribution in [2.24, 2.45) is 11.8 Å². The van der Waals surface area contributed by atoms with Gasteiger partial charge >= 0.3 is 0 Å². The van der Waals surface area contributed by atoms with Crippen molar-refractivity contribution < 1.29 is 8.42 Å². The van der Waals surface area contributed by atoms with Crippen LogP contribution in [0, 0.1) is 11.8 Å². The molecule has 5 heteroatoms. The highest BCUT2D eigenvalue weighted by molar-refractivity contribution is 7.92. The van der Waals surface area contributed by atoms with Crippen LogP contribution in [0.1, 0.15) is 58.4 Å².